The van der Waals surface area contributed by atoms with Crippen LogP contribution in [0, 0.1) is 11.8 Å². The highest BCUT2D eigenvalue weighted by Crippen LogP contribution is 2.48. The lowest BCUT2D eigenvalue weighted by molar-refractivity contribution is 0.00920. The summed E-state index contributed by atoms with van der Waals surface area (Å²) < 4.78 is 5.41. The molecule has 0 aromatic carbocycles. The van der Waals surface area contributed by atoms with Gasteiger partial charge in [-0.3, -0.25) is 0 Å². The molecule has 0 radical (unpaired) electrons. The van der Waals surface area contributed by atoms with Gasteiger partial charge in [-0.1, -0.05) is 0 Å². The van der Waals surface area contributed by atoms with E-state index < -0.39 is 5.60 Å². The average Bonchev–Trinajstić information content (AvgIpc) is 2.91. The summed E-state index contributed by atoms with van der Waals surface area (Å²) in [5.41, 5.74) is 5.34. The van der Waals surface area contributed by atoms with Gasteiger partial charge in [-0.25, -0.2) is 4.79 Å². The zero-order chi connectivity index (χ0) is 11.9. The molecule has 1 aliphatic heterocycles. The molecule has 0 bridgehead atoms. The number of carbonyl (C=O) groups is 1. The number of carbonyl (C=O) groups excluding carboxylic acids is 1. The topological polar surface area (TPSA) is 55.6 Å². The van der Waals surface area contributed by atoms with Crippen molar-refractivity contribution in [2.45, 2.75) is 45.3 Å². The number of likely N-dealkylation sites (tertiary alicyclic amines) is 1. The number of ether oxygens (including phenoxy) is 1. The second kappa shape index (κ2) is 3.91. The largest absolute Gasteiger partial charge is 0.444 e. The number of nitrogens with zero attached hydrogens (tertiary/aromatic N) is 1. The fraction of sp³-hybridized carbons (Fsp3) is 0.917. The highest BCUT2D eigenvalue weighted by Gasteiger charge is 2.49. The van der Waals surface area contributed by atoms with Gasteiger partial charge in [0.15, 0.2) is 0 Å². The molecule has 2 N–H and O–H groups in total. The first-order valence-electron chi connectivity index (χ1n) is 6.12. The number of fused-ring (bicyclic) bond motifs is 1. The minimum Gasteiger partial charge on any atom is -0.444 e. The van der Waals surface area contributed by atoms with Gasteiger partial charge >= 0.3 is 6.09 Å². The Morgan fingerprint density at radius 3 is 2.75 bits per heavy atom. The Kier molecular flexibility index (Phi) is 2.86. The zero-order valence-corrected chi connectivity index (χ0v) is 10.4. The van der Waals surface area contributed by atoms with Gasteiger partial charge in [0.25, 0.3) is 0 Å². The van der Waals surface area contributed by atoms with Crippen molar-refractivity contribution in [3.05, 3.63) is 0 Å². The van der Waals surface area contributed by atoms with Crippen molar-refractivity contribution in [2.24, 2.45) is 17.6 Å². The number of hydrogen-bond donors (Lipinski definition) is 1. The number of nitrogens with two attached hydrogens (primary N) is 1. The monoisotopic (exact) mass is 226 g/mol. The first kappa shape index (κ1) is 11.7. The van der Waals surface area contributed by atoms with E-state index in [1.165, 1.54) is 6.42 Å². The molecule has 16 heavy (non-hydrogen) atoms. The molecule has 2 fully saturated rings. The fourth-order valence-corrected chi connectivity index (χ4v) is 2.63. The fourth-order valence-electron chi connectivity index (χ4n) is 2.63. The summed E-state index contributed by atoms with van der Waals surface area (Å²) in [5, 5.41) is 0. The zero-order valence-electron chi connectivity index (χ0n) is 10.4. The maximum absolute atomic E-state index is 12.0. The Morgan fingerprint density at radius 1 is 1.50 bits per heavy atom. The van der Waals surface area contributed by atoms with Crippen molar-refractivity contribution in [2.75, 3.05) is 13.1 Å². The molecule has 0 aromatic heterocycles. The van der Waals surface area contributed by atoms with Gasteiger partial charge in [0.05, 0.1) is 6.04 Å². The van der Waals surface area contributed by atoms with Crippen LogP contribution in [0.4, 0.5) is 4.79 Å². The van der Waals surface area contributed by atoms with E-state index >= 15 is 0 Å². The Hall–Kier alpha value is -0.770. The van der Waals surface area contributed by atoms with Crippen LogP contribution in [-0.4, -0.2) is 35.7 Å². The van der Waals surface area contributed by atoms with Crippen LogP contribution in [0.25, 0.3) is 0 Å². The summed E-state index contributed by atoms with van der Waals surface area (Å²) in [6, 6.07) is 0.202. The van der Waals surface area contributed by atoms with Gasteiger partial charge in [0, 0.05) is 13.1 Å². The van der Waals surface area contributed by atoms with Crippen LogP contribution >= 0.6 is 0 Å². The molecule has 0 aromatic rings. The predicted molar refractivity (Wildman–Crippen MR) is 62.0 cm³/mol. The van der Waals surface area contributed by atoms with Crippen LogP contribution in [0.15, 0.2) is 0 Å². The standard InChI is InChI=1S/C12H22N2O2/c1-12(2,3)16-11(15)14-5-4-8-6-9(8)10(14)7-13/h8-10H,4-7,13H2,1-3H3. The molecule has 4 nitrogen and oxygen atoms in total. The van der Waals surface area contributed by atoms with E-state index in [1.807, 2.05) is 25.7 Å². The Labute approximate surface area is 97.1 Å². The summed E-state index contributed by atoms with van der Waals surface area (Å²) in [4.78, 5) is 13.8. The third-order valence-corrected chi connectivity index (χ3v) is 3.48. The van der Waals surface area contributed by atoms with Crippen LogP contribution in [-0.2, 0) is 4.74 Å². The van der Waals surface area contributed by atoms with Gasteiger partial charge in [-0.15, -0.1) is 0 Å². The van der Waals surface area contributed by atoms with E-state index in [-0.39, 0.29) is 12.1 Å². The maximum Gasteiger partial charge on any atom is 0.410 e. The summed E-state index contributed by atoms with van der Waals surface area (Å²) in [6.45, 7) is 7.04. The van der Waals surface area contributed by atoms with Crippen molar-refractivity contribution < 1.29 is 9.53 Å². The van der Waals surface area contributed by atoms with Crippen molar-refractivity contribution in [1.82, 2.24) is 4.90 Å². The minimum atomic E-state index is -0.420. The second-order valence-corrected chi connectivity index (χ2v) is 5.93. The molecule has 92 valence electrons. The van der Waals surface area contributed by atoms with Crippen molar-refractivity contribution in [1.29, 1.82) is 0 Å². The normalized spacial score (nSPS) is 33.2. The van der Waals surface area contributed by atoms with Gasteiger partial charge < -0.3 is 15.4 Å². The van der Waals surface area contributed by atoms with E-state index in [0.29, 0.717) is 12.5 Å². The van der Waals surface area contributed by atoms with Gasteiger partial charge in [-0.2, -0.15) is 0 Å². The van der Waals surface area contributed by atoms with Crippen LogP contribution in [0.2, 0.25) is 0 Å². The van der Waals surface area contributed by atoms with Crippen LogP contribution in [0.1, 0.15) is 33.6 Å². The predicted octanol–water partition coefficient (Wildman–Crippen LogP) is 1.59. The van der Waals surface area contributed by atoms with E-state index in [1.54, 1.807) is 0 Å². The minimum absolute atomic E-state index is 0.201. The first-order valence-corrected chi connectivity index (χ1v) is 6.12. The van der Waals surface area contributed by atoms with Gasteiger partial charge in [0.2, 0.25) is 0 Å². The Morgan fingerprint density at radius 2 is 2.19 bits per heavy atom. The van der Waals surface area contributed by atoms with Crippen molar-refractivity contribution >= 4 is 6.09 Å². The average molecular weight is 226 g/mol. The summed E-state index contributed by atoms with van der Waals surface area (Å²) in [5.74, 6) is 1.44. The molecule has 2 rings (SSSR count). The third kappa shape index (κ3) is 2.32. The van der Waals surface area contributed by atoms with Crippen molar-refractivity contribution in [3.63, 3.8) is 0 Å². The highest BCUT2D eigenvalue weighted by atomic mass is 16.6. The number of hydrogen-bond acceptors (Lipinski definition) is 3. The maximum atomic E-state index is 12.0. The van der Waals surface area contributed by atoms with Gasteiger partial charge in [-0.05, 0) is 45.4 Å². The molecular weight excluding hydrogens is 204 g/mol. The van der Waals surface area contributed by atoms with Crippen LogP contribution in [0.5, 0.6) is 0 Å². The lowest BCUT2D eigenvalue weighted by atomic mass is 10.0. The quantitative estimate of drug-likeness (QED) is 0.738. The van der Waals surface area contributed by atoms with E-state index in [9.17, 15) is 4.79 Å². The van der Waals surface area contributed by atoms with Crippen molar-refractivity contribution in [3.8, 4) is 0 Å². The molecule has 1 amide bonds. The summed E-state index contributed by atoms with van der Waals surface area (Å²) in [6.07, 6.45) is 2.15. The van der Waals surface area contributed by atoms with Crippen LogP contribution in [0.3, 0.4) is 0 Å². The molecule has 0 spiro atoms. The van der Waals surface area contributed by atoms with E-state index in [4.69, 9.17) is 10.5 Å². The number of rotatable bonds is 1. The van der Waals surface area contributed by atoms with E-state index in [0.717, 1.165) is 18.9 Å². The smallest absolute Gasteiger partial charge is 0.410 e. The second-order valence-electron chi connectivity index (χ2n) is 5.93. The third-order valence-electron chi connectivity index (χ3n) is 3.48. The molecule has 4 heteroatoms. The lowest BCUT2D eigenvalue weighted by Gasteiger charge is -2.36. The van der Waals surface area contributed by atoms with Gasteiger partial charge in [0.1, 0.15) is 5.60 Å². The SMILES string of the molecule is CC(C)(C)OC(=O)N1CCC2CC2C1CN. The molecule has 3 unspecified atom stereocenters. The molecule has 1 saturated heterocycles. The first-order chi connectivity index (χ1) is 7.42. The lowest BCUT2D eigenvalue weighted by Crippen LogP contribution is -2.50. The Bertz CT molecular complexity index is 285. The Balaban J connectivity index is 1.99. The van der Waals surface area contributed by atoms with Crippen LogP contribution < -0.4 is 5.73 Å². The summed E-state index contributed by atoms with van der Waals surface area (Å²) in [7, 11) is 0. The molecule has 2 aliphatic rings. The number of amides is 1. The molecule has 1 heterocycles. The summed E-state index contributed by atoms with van der Waals surface area (Å²) >= 11 is 0. The highest BCUT2D eigenvalue weighted by molar-refractivity contribution is 5.69. The molecule has 1 saturated carbocycles. The molecule has 3 atom stereocenters. The number of piperidine rings is 1. The molecular formula is C12H22N2O2. The van der Waals surface area contributed by atoms with E-state index in [2.05, 4.69) is 0 Å². The molecule has 1 aliphatic carbocycles.